The largest absolute Gasteiger partial charge is 0.494 e. The van der Waals surface area contributed by atoms with Crippen LogP contribution in [-0.2, 0) is 9.59 Å². The number of amides is 2. The highest BCUT2D eigenvalue weighted by Crippen LogP contribution is 2.33. The highest BCUT2D eigenvalue weighted by Gasteiger charge is 2.36. The number of ether oxygens (including phenoxy) is 2. The maximum absolute atomic E-state index is 12.6. The van der Waals surface area contributed by atoms with Crippen LogP contribution in [0.3, 0.4) is 0 Å². The molecule has 1 atom stereocenters. The Labute approximate surface area is 159 Å². The second-order valence-electron chi connectivity index (χ2n) is 6.25. The first-order chi connectivity index (χ1) is 13.1. The fraction of sp³-hybridized carbons (Fsp3) is 0.333. The molecule has 2 aromatic rings. The molecule has 1 fully saturated rings. The molecule has 1 heterocycles. The van der Waals surface area contributed by atoms with E-state index in [1.54, 1.807) is 17.0 Å². The number of nitrogens with zero attached hydrogens (tertiary/aromatic N) is 1. The highest BCUT2D eigenvalue weighted by molar-refractivity contribution is 6.04. The zero-order valence-electron chi connectivity index (χ0n) is 15.6. The second kappa shape index (κ2) is 8.58. The van der Waals surface area contributed by atoms with Gasteiger partial charge in [0.05, 0.1) is 24.8 Å². The normalized spacial score (nSPS) is 16.3. The van der Waals surface area contributed by atoms with E-state index >= 15 is 0 Å². The van der Waals surface area contributed by atoms with Crippen LogP contribution in [0.15, 0.2) is 48.5 Å². The second-order valence-corrected chi connectivity index (χ2v) is 6.25. The molecule has 0 radical (unpaired) electrons. The number of benzene rings is 2. The summed E-state index contributed by atoms with van der Waals surface area (Å²) in [6.07, 6.45) is 0.184. The van der Waals surface area contributed by atoms with Gasteiger partial charge in [-0.05, 0) is 50.2 Å². The summed E-state index contributed by atoms with van der Waals surface area (Å²) in [5.41, 5.74) is 1.39. The van der Waals surface area contributed by atoms with Crippen LogP contribution in [0.1, 0.15) is 20.3 Å². The third-order valence-electron chi connectivity index (χ3n) is 4.38. The van der Waals surface area contributed by atoms with Crippen LogP contribution in [0.25, 0.3) is 0 Å². The molecule has 1 saturated heterocycles. The minimum Gasteiger partial charge on any atom is -0.494 e. The molecule has 0 bridgehead atoms. The zero-order valence-corrected chi connectivity index (χ0v) is 15.6. The number of hydrogen-bond donors (Lipinski definition) is 1. The number of anilines is 2. The van der Waals surface area contributed by atoms with Gasteiger partial charge >= 0.3 is 0 Å². The van der Waals surface area contributed by atoms with Crippen molar-refractivity contribution >= 4 is 23.2 Å². The van der Waals surface area contributed by atoms with Crippen molar-refractivity contribution in [2.45, 2.75) is 20.3 Å². The van der Waals surface area contributed by atoms with E-state index in [2.05, 4.69) is 5.32 Å². The number of hydrogen-bond acceptors (Lipinski definition) is 4. The Morgan fingerprint density at radius 1 is 1.07 bits per heavy atom. The molecule has 3 rings (SSSR count). The molecule has 2 amide bonds. The maximum atomic E-state index is 12.6. The van der Waals surface area contributed by atoms with Gasteiger partial charge in [-0.3, -0.25) is 9.59 Å². The lowest BCUT2D eigenvalue weighted by molar-refractivity contribution is -0.122. The van der Waals surface area contributed by atoms with Crippen molar-refractivity contribution < 1.29 is 19.1 Å². The molecule has 6 nitrogen and oxygen atoms in total. The predicted molar refractivity (Wildman–Crippen MR) is 104 cm³/mol. The molecule has 1 aliphatic heterocycles. The van der Waals surface area contributed by atoms with Gasteiger partial charge in [0.25, 0.3) is 0 Å². The van der Waals surface area contributed by atoms with Crippen LogP contribution < -0.4 is 19.7 Å². The number of carbonyl (C=O) groups is 2. The molecule has 0 spiro atoms. The molecular formula is C21H24N2O4. The van der Waals surface area contributed by atoms with Gasteiger partial charge in [-0.2, -0.15) is 0 Å². The van der Waals surface area contributed by atoms with E-state index in [0.29, 0.717) is 36.9 Å². The Bertz CT molecular complexity index is 804. The summed E-state index contributed by atoms with van der Waals surface area (Å²) in [5, 5.41) is 2.88. The summed E-state index contributed by atoms with van der Waals surface area (Å²) in [4.78, 5) is 26.7. The number of para-hydroxylation sites is 2. The third-order valence-corrected chi connectivity index (χ3v) is 4.38. The fourth-order valence-corrected chi connectivity index (χ4v) is 3.12. The lowest BCUT2D eigenvalue weighted by atomic mass is 10.1. The summed E-state index contributed by atoms with van der Waals surface area (Å²) >= 11 is 0. The Kier molecular flexibility index (Phi) is 5.96. The van der Waals surface area contributed by atoms with Crippen molar-refractivity contribution in [1.29, 1.82) is 0 Å². The highest BCUT2D eigenvalue weighted by atomic mass is 16.5. The fourth-order valence-electron chi connectivity index (χ4n) is 3.12. The van der Waals surface area contributed by atoms with E-state index in [-0.39, 0.29) is 18.2 Å². The Morgan fingerprint density at radius 2 is 1.78 bits per heavy atom. The van der Waals surface area contributed by atoms with E-state index in [1.165, 1.54) is 0 Å². The summed E-state index contributed by atoms with van der Waals surface area (Å²) in [6, 6.07) is 14.6. The topological polar surface area (TPSA) is 67.9 Å². The third kappa shape index (κ3) is 4.39. The summed E-state index contributed by atoms with van der Waals surface area (Å²) in [6.45, 7) is 5.26. The lowest BCUT2D eigenvalue weighted by Crippen LogP contribution is -2.28. The van der Waals surface area contributed by atoms with Gasteiger partial charge in [0, 0.05) is 18.7 Å². The van der Waals surface area contributed by atoms with Gasteiger partial charge in [-0.25, -0.2) is 0 Å². The van der Waals surface area contributed by atoms with Crippen molar-refractivity contribution in [3.05, 3.63) is 48.5 Å². The molecule has 27 heavy (non-hydrogen) atoms. The smallest absolute Gasteiger partial charge is 0.229 e. The van der Waals surface area contributed by atoms with E-state index < -0.39 is 5.92 Å². The van der Waals surface area contributed by atoms with E-state index in [0.717, 1.165) is 5.75 Å². The van der Waals surface area contributed by atoms with Gasteiger partial charge < -0.3 is 19.7 Å². The zero-order chi connectivity index (χ0) is 19.2. The van der Waals surface area contributed by atoms with Crippen molar-refractivity contribution in [3.8, 4) is 11.5 Å². The molecule has 1 aliphatic rings. The van der Waals surface area contributed by atoms with E-state index in [4.69, 9.17) is 9.47 Å². The molecule has 6 heteroatoms. The molecule has 0 unspecified atom stereocenters. The van der Waals surface area contributed by atoms with Gasteiger partial charge in [0.1, 0.15) is 11.5 Å². The van der Waals surface area contributed by atoms with Crippen LogP contribution in [0.2, 0.25) is 0 Å². The molecule has 142 valence electrons. The van der Waals surface area contributed by atoms with Crippen LogP contribution in [0.5, 0.6) is 11.5 Å². The predicted octanol–water partition coefficient (Wildman–Crippen LogP) is 3.48. The van der Waals surface area contributed by atoms with Crippen molar-refractivity contribution in [2.24, 2.45) is 5.92 Å². The van der Waals surface area contributed by atoms with Gasteiger partial charge in [0.2, 0.25) is 11.8 Å². The van der Waals surface area contributed by atoms with Gasteiger partial charge in [-0.1, -0.05) is 12.1 Å². The number of carbonyl (C=O) groups excluding carboxylic acids is 2. The first kappa shape index (κ1) is 18.8. The van der Waals surface area contributed by atoms with Crippen LogP contribution in [0.4, 0.5) is 11.4 Å². The van der Waals surface area contributed by atoms with Crippen LogP contribution in [0, 0.1) is 5.92 Å². The first-order valence-corrected chi connectivity index (χ1v) is 9.18. The number of nitrogens with one attached hydrogen (secondary N) is 1. The van der Waals surface area contributed by atoms with Gasteiger partial charge in [0.15, 0.2) is 0 Å². The SMILES string of the molecule is CCOc1ccc(NC(=O)[C@@H]2CC(=O)N(c3ccccc3OCC)C2)cc1. The minimum absolute atomic E-state index is 0.0750. The maximum Gasteiger partial charge on any atom is 0.229 e. The Morgan fingerprint density at radius 3 is 2.48 bits per heavy atom. The van der Waals surface area contributed by atoms with E-state index in [1.807, 2.05) is 50.2 Å². The first-order valence-electron chi connectivity index (χ1n) is 9.18. The minimum atomic E-state index is -0.404. The standard InChI is InChI=1S/C21H24N2O4/c1-3-26-17-11-9-16(10-12-17)22-21(25)15-13-20(24)23(14-15)18-7-5-6-8-19(18)27-4-2/h5-12,15H,3-4,13-14H2,1-2H3,(H,22,25)/t15-/m1/s1. The molecular weight excluding hydrogens is 344 g/mol. The van der Waals surface area contributed by atoms with E-state index in [9.17, 15) is 9.59 Å². The molecule has 0 aliphatic carbocycles. The summed E-state index contributed by atoms with van der Waals surface area (Å²) in [7, 11) is 0. The lowest BCUT2D eigenvalue weighted by Gasteiger charge is -2.20. The Balaban J connectivity index is 1.67. The molecule has 1 N–H and O–H groups in total. The van der Waals surface area contributed by atoms with Crippen LogP contribution >= 0.6 is 0 Å². The summed E-state index contributed by atoms with van der Waals surface area (Å²) < 4.78 is 11.0. The average molecular weight is 368 g/mol. The quantitative estimate of drug-likeness (QED) is 0.812. The monoisotopic (exact) mass is 368 g/mol. The van der Waals surface area contributed by atoms with Crippen molar-refractivity contribution in [3.63, 3.8) is 0 Å². The molecule has 0 aromatic heterocycles. The summed E-state index contributed by atoms with van der Waals surface area (Å²) in [5.74, 6) is 0.766. The molecule has 2 aromatic carbocycles. The van der Waals surface area contributed by atoms with Crippen molar-refractivity contribution in [1.82, 2.24) is 0 Å². The average Bonchev–Trinajstić information content (AvgIpc) is 3.06. The number of rotatable bonds is 7. The Hall–Kier alpha value is -3.02. The van der Waals surface area contributed by atoms with Gasteiger partial charge in [-0.15, -0.1) is 0 Å². The molecule has 0 saturated carbocycles. The van der Waals surface area contributed by atoms with Crippen molar-refractivity contribution in [2.75, 3.05) is 30.0 Å². The van der Waals surface area contributed by atoms with Crippen LogP contribution in [-0.4, -0.2) is 31.6 Å².